The number of nitrogens with zero attached hydrogens (tertiary/aromatic N) is 1. The minimum atomic E-state index is -4.78. The topological polar surface area (TPSA) is 49.7 Å². The molecule has 0 saturated heterocycles. The molecule has 0 heterocycles. The van der Waals surface area contributed by atoms with Crippen LogP contribution in [-0.4, -0.2) is 17.2 Å². The van der Waals surface area contributed by atoms with Crippen LogP contribution in [-0.2, 0) is 17.0 Å². The maximum atomic E-state index is 13.6. The fourth-order valence-electron chi connectivity index (χ4n) is 2.96. The van der Waals surface area contributed by atoms with Crippen molar-refractivity contribution in [2.75, 3.05) is 0 Å². The van der Waals surface area contributed by atoms with Crippen LogP contribution in [0.1, 0.15) is 74.2 Å². The van der Waals surface area contributed by atoms with Gasteiger partial charge in [0.15, 0.2) is 0 Å². The van der Waals surface area contributed by atoms with Crippen molar-refractivity contribution in [1.29, 1.82) is 0 Å². The molecule has 7 heteroatoms. The molecule has 2 aromatic carbocycles. The molecule has 0 saturated carbocycles. The van der Waals surface area contributed by atoms with Gasteiger partial charge in [-0.2, -0.15) is 13.2 Å². The molecule has 0 unspecified atom stereocenters. The summed E-state index contributed by atoms with van der Waals surface area (Å²) in [5.74, 6) is -2.01. The lowest BCUT2D eigenvalue weighted by molar-refractivity contribution is -0.137. The average Bonchev–Trinajstić information content (AvgIpc) is 2.57. The predicted molar refractivity (Wildman–Crippen MR) is 109 cm³/mol. The van der Waals surface area contributed by atoms with Crippen LogP contribution in [0.25, 0.3) is 0 Å². The number of phenolic OH excluding ortho intramolecular Hbond substituents is 1. The fraction of sp³-hybridized carbons (Fsp3) is 0.391. The summed E-state index contributed by atoms with van der Waals surface area (Å²) < 4.78 is 52.2. The second-order valence-electron chi connectivity index (χ2n) is 9.25. The zero-order chi connectivity index (χ0) is 23.1. The van der Waals surface area contributed by atoms with E-state index in [2.05, 4.69) is 4.99 Å². The molecule has 0 atom stereocenters. The third kappa shape index (κ3) is 5.46. The summed E-state index contributed by atoms with van der Waals surface area (Å²) in [6.45, 7) is 11.5. The quantitative estimate of drug-likeness (QED) is 0.449. The van der Waals surface area contributed by atoms with Gasteiger partial charge in [-0.3, -0.25) is 4.79 Å². The number of aromatic hydroxyl groups is 1. The highest BCUT2D eigenvalue weighted by atomic mass is 19.4. The van der Waals surface area contributed by atoms with Gasteiger partial charge in [0.25, 0.3) is 5.91 Å². The Morgan fingerprint density at radius 1 is 0.900 bits per heavy atom. The molecule has 30 heavy (non-hydrogen) atoms. The van der Waals surface area contributed by atoms with E-state index in [1.54, 1.807) is 12.1 Å². The van der Waals surface area contributed by atoms with Crippen molar-refractivity contribution in [3.8, 4) is 5.75 Å². The number of hydrogen-bond acceptors (Lipinski definition) is 2. The standard InChI is InChI=1S/C23H25F4NO2/c1-21(2,3)17-7-13(8-18(19(17)29)22(4,5)6)12-28-20(30)14-9-15(23(25,26)27)11-16(24)10-14/h7-12,29H,1-6H3. The van der Waals surface area contributed by atoms with Gasteiger partial charge >= 0.3 is 6.18 Å². The molecule has 3 nitrogen and oxygen atoms in total. The Morgan fingerprint density at radius 2 is 1.40 bits per heavy atom. The zero-order valence-corrected chi connectivity index (χ0v) is 17.8. The van der Waals surface area contributed by atoms with Crippen molar-refractivity contribution in [2.24, 2.45) is 4.99 Å². The Balaban J connectivity index is 2.50. The number of phenols is 1. The van der Waals surface area contributed by atoms with Crippen LogP contribution in [0.2, 0.25) is 0 Å². The third-order valence-electron chi connectivity index (χ3n) is 4.55. The molecular weight excluding hydrogens is 398 g/mol. The Hall–Kier alpha value is -2.70. The summed E-state index contributed by atoms with van der Waals surface area (Å²) >= 11 is 0. The van der Waals surface area contributed by atoms with E-state index < -0.39 is 39.9 Å². The Bertz CT molecular complexity index is 959. The average molecular weight is 423 g/mol. The highest BCUT2D eigenvalue weighted by Crippen LogP contribution is 2.39. The first-order valence-electron chi connectivity index (χ1n) is 9.34. The molecule has 1 N–H and O–H groups in total. The van der Waals surface area contributed by atoms with Crippen molar-refractivity contribution in [3.63, 3.8) is 0 Å². The van der Waals surface area contributed by atoms with Gasteiger partial charge in [-0.05, 0) is 46.7 Å². The smallest absolute Gasteiger partial charge is 0.416 e. The normalized spacial score (nSPS) is 13.1. The minimum Gasteiger partial charge on any atom is -0.507 e. The van der Waals surface area contributed by atoms with Gasteiger partial charge in [0, 0.05) is 22.9 Å². The van der Waals surface area contributed by atoms with Gasteiger partial charge in [0.05, 0.1) is 5.56 Å². The Morgan fingerprint density at radius 3 is 1.83 bits per heavy atom. The number of hydrogen-bond donors (Lipinski definition) is 1. The molecular formula is C23H25F4NO2. The summed E-state index contributed by atoms with van der Waals surface area (Å²) in [5, 5.41) is 10.7. The molecule has 0 aliphatic rings. The van der Waals surface area contributed by atoms with Gasteiger partial charge in [0.1, 0.15) is 11.6 Å². The van der Waals surface area contributed by atoms with Gasteiger partial charge in [0.2, 0.25) is 0 Å². The molecule has 162 valence electrons. The van der Waals surface area contributed by atoms with E-state index in [1.165, 1.54) is 6.21 Å². The van der Waals surface area contributed by atoms with Crippen LogP contribution >= 0.6 is 0 Å². The van der Waals surface area contributed by atoms with Gasteiger partial charge in [-0.15, -0.1) is 0 Å². The van der Waals surface area contributed by atoms with Crippen molar-refractivity contribution in [2.45, 2.75) is 58.5 Å². The zero-order valence-electron chi connectivity index (χ0n) is 17.8. The van der Waals surface area contributed by atoms with Crippen molar-refractivity contribution in [3.05, 3.63) is 64.0 Å². The van der Waals surface area contributed by atoms with Crippen LogP contribution in [0.4, 0.5) is 17.6 Å². The highest BCUT2D eigenvalue weighted by Gasteiger charge is 2.32. The number of amides is 1. The van der Waals surface area contributed by atoms with Crippen molar-refractivity contribution in [1.82, 2.24) is 0 Å². The summed E-state index contributed by atoms with van der Waals surface area (Å²) in [6, 6.07) is 4.96. The lowest BCUT2D eigenvalue weighted by Gasteiger charge is -2.27. The molecule has 0 aliphatic heterocycles. The molecule has 2 aromatic rings. The van der Waals surface area contributed by atoms with Crippen LogP contribution in [0, 0.1) is 5.82 Å². The lowest BCUT2D eigenvalue weighted by atomic mass is 9.78. The number of benzene rings is 2. The monoisotopic (exact) mass is 423 g/mol. The highest BCUT2D eigenvalue weighted by molar-refractivity contribution is 6.02. The van der Waals surface area contributed by atoms with Crippen molar-refractivity contribution >= 4 is 12.1 Å². The van der Waals surface area contributed by atoms with E-state index in [0.717, 1.165) is 0 Å². The molecule has 0 bridgehead atoms. The largest absolute Gasteiger partial charge is 0.507 e. The van der Waals surface area contributed by atoms with Gasteiger partial charge in [-0.1, -0.05) is 41.5 Å². The van der Waals surface area contributed by atoms with Gasteiger partial charge < -0.3 is 5.11 Å². The molecule has 2 rings (SSSR count). The van der Waals surface area contributed by atoms with Gasteiger partial charge in [-0.25, -0.2) is 9.38 Å². The first-order chi connectivity index (χ1) is 13.5. The van der Waals surface area contributed by atoms with E-state index >= 15 is 0 Å². The first-order valence-corrected chi connectivity index (χ1v) is 9.34. The lowest BCUT2D eigenvalue weighted by Crippen LogP contribution is -2.18. The predicted octanol–water partition coefficient (Wildman–Crippen LogP) is 6.40. The number of aliphatic imine (C=N–C) groups is 1. The molecule has 1 amide bonds. The molecule has 0 spiro atoms. The maximum Gasteiger partial charge on any atom is 0.416 e. The fourth-order valence-corrected chi connectivity index (χ4v) is 2.96. The number of carbonyl (C=O) groups is 1. The summed E-state index contributed by atoms with van der Waals surface area (Å²) in [6.07, 6.45) is -3.56. The number of halogens is 4. The summed E-state index contributed by atoms with van der Waals surface area (Å²) in [7, 11) is 0. The van der Waals surface area contributed by atoms with Crippen LogP contribution in [0.3, 0.4) is 0 Å². The Kier molecular flexibility index (Phi) is 6.17. The third-order valence-corrected chi connectivity index (χ3v) is 4.55. The van der Waals surface area contributed by atoms with E-state index in [1.807, 2.05) is 41.5 Å². The molecule has 0 fully saturated rings. The first kappa shape index (κ1) is 23.6. The van der Waals surface area contributed by atoms with E-state index in [9.17, 15) is 27.5 Å². The number of rotatable bonds is 2. The number of carbonyl (C=O) groups excluding carboxylic acids is 1. The summed E-state index contributed by atoms with van der Waals surface area (Å²) in [4.78, 5) is 16.0. The maximum absolute atomic E-state index is 13.6. The molecule has 0 radical (unpaired) electrons. The summed E-state index contributed by atoms with van der Waals surface area (Å²) in [5.41, 5.74) is -0.754. The minimum absolute atomic E-state index is 0.151. The Labute approximate surface area is 173 Å². The van der Waals surface area contributed by atoms with E-state index in [-0.39, 0.29) is 5.75 Å². The number of alkyl halides is 3. The molecule has 0 aliphatic carbocycles. The second kappa shape index (κ2) is 7.85. The van der Waals surface area contributed by atoms with Crippen LogP contribution in [0.15, 0.2) is 35.3 Å². The van der Waals surface area contributed by atoms with Crippen molar-refractivity contribution < 1.29 is 27.5 Å². The van der Waals surface area contributed by atoms with E-state index in [0.29, 0.717) is 34.9 Å². The van der Waals surface area contributed by atoms with Crippen LogP contribution in [0.5, 0.6) is 5.75 Å². The SMILES string of the molecule is CC(C)(C)c1cc(C=NC(=O)c2cc(F)cc(C(F)(F)F)c2)cc(C(C)(C)C)c1O. The van der Waals surface area contributed by atoms with E-state index in [4.69, 9.17) is 0 Å². The molecule has 0 aromatic heterocycles. The second-order valence-corrected chi connectivity index (χ2v) is 9.25. The van der Waals surface area contributed by atoms with Crippen LogP contribution < -0.4 is 0 Å².